The maximum Gasteiger partial charge on any atom is 0.220 e. The Morgan fingerprint density at radius 2 is 2.00 bits per heavy atom. The molecule has 1 fully saturated rings. The number of carbonyl (C=O) groups excluding carboxylic acids is 1. The Bertz CT molecular complexity index is 777. The number of fused-ring (bicyclic) bond motifs is 3. The molecule has 1 saturated heterocycles. The van der Waals surface area contributed by atoms with E-state index < -0.39 is 0 Å². The summed E-state index contributed by atoms with van der Waals surface area (Å²) < 4.78 is 0. The van der Waals surface area contributed by atoms with E-state index in [0.717, 1.165) is 58.3 Å². The Morgan fingerprint density at radius 1 is 1.23 bits per heavy atom. The van der Waals surface area contributed by atoms with Crippen molar-refractivity contribution in [2.24, 2.45) is 0 Å². The number of amides is 1. The van der Waals surface area contributed by atoms with Gasteiger partial charge in [-0.05, 0) is 50.3 Å². The molecule has 1 amide bonds. The van der Waals surface area contributed by atoms with Gasteiger partial charge in [0.15, 0.2) is 0 Å². The van der Waals surface area contributed by atoms with Crippen molar-refractivity contribution < 1.29 is 9.90 Å². The monoisotopic (exact) mass is 355 g/mol. The molecule has 2 N–H and O–H groups in total. The number of hydrogen-bond acceptors (Lipinski definition) is 3. The molecule has 1 atom stereocenters. The van der Waals surface area contributed by atoms with E-state index in [1.807, 2.05) is 4.90 Å². The Hall–Kier alpha value is -1.85. The fraction of sp³-hybridized carbons (Fsp3) is 0.571. The van der Waals surface area contributed by atoms with Crippen LogP contribution in [0.4, 0.5) is 0 Å². The zero-order valence-electron chi connectivity index (χ0n) is 15.6. The Balaban J connectivity index is 1.50. The van der Waals surface area contributed by atoms with Crippen molar-refractivity contribution >= 4 is 16.8 Å². The number of piperidine rings is 1. The minimum absolute atomic E-state index is 0.119. The lowest BCUT2D eigenvalue weighted by Gasteiger charge is -2.36. The quantitative estimate of drug-likeness (QED) is 0.887. The van der Waals surface area contributed by atoms with Crippen molar-refractivity contribution in [1.82, 2.24) is 14.8 Å². The molecule has 1 unspecified atom stereocenters. The Morgan fingerprint density at radius 3 is 2.77 bits per heavy atom. The zero-order valence-corrected chi connectivity index (χ0v) is 15.6. The van der Waals surface area contributed by atoms with Crippen LogP contribution in [0.25, 0.3) is 10.9 Å². The van der Waals surface area contributed by atoms with Crippen molar-refractivity contribution in [3.8, 4) is 0 Å². The van der Waals surface area contributed by atoms with Crippen LogP contribution in [0.5, 0.6) is 0 Å². The fourth-order valence-corrected chi connectivity index (χ4v) is 4.65. The summed E-state index contributed by atoms with van der Waals surface area (Å²) in [6.45, 7) is 5.52. The van der Waals surface area contributed by atoms with Gasteiger partial charge in [-0.25, -0.2) is 0 Å². The molecule has 2 aromatic rings. The van der Waals surface area contributed by atoms with E-state index in [1.54, 1.807) is 6.92 Å². The molecule has 2 aliphatic rings. The van der Waals surface area contributed by atoms with E-state index in [2.05, 4.69) is 34.1 Å². The molecule has 0 aliphatic carbocycles. The van der Waals surface area contributed by atoms with Gasteiger partial charge in [0.05, 0.1) is 12.1 Å². The Labute approximate surface area is 155 Å². The van der Waals surface area contributed by atoms with E-state index in [4.69, 9.17) is 0 Å². The van der Waals surface area contributed by atoms with Gasteiger partial charge >= 0.3 is 0 Å². The first kappa shape index (κ1) is 17.6. The molecule has 140 valence electrons. The second kappa shape index (κ2) is 7.41. The van der Waals surface area contributed by atoms with Crippen LogP contribution in [0.2, 0.25) is 0 Å². The van der Waals surface area contributed by atoms with Crippen LogP contribution in [0.3, 0.4) is 0 Å². The third-order valence-electron chi connectivity index (χ3n) is 6.07. The van der Waals surface area contributed by atoms with Gasteiger partial charge in [-0.3, -0.25) is 4.79 Å². The average Bonchev–Trinajstić information content (AvgIpc) is 3.02. The molecular formula is C21H29N3O2. The first-order valence-corrected chi connectivity index (χ1v) is 9.90. The number of aromatic amines is 1. The van der Waals surface area contributed by atoms with Crippen molar-refractivity contribution in [1.29, 1.82) is 0 Å². The minimum Gasteiger partial charge on any atom is -0.393 e. The molecule has 0 saturated carbocycles. The maximum atomic E-state index is 12.2. The summed E-state index contributed by atoms with van der Waals surface area (Å²) in [7, 11) is 0. The molecule has 5 nitrogen and oxygen atoms in total. The molecule has 1 aromatic carbocycles. The van der Waals surface area contributed by atoms with E-state index >= 15 is 0 Å². The number of likely N-dealkylation sites (tertiary alicyclic amines) is 1. The topological polar surface area (TPSA) is 59.6 Å². The minimum atomic E-state index is -0.119. The highest BCUT2D eigenvalue weighted by Gasteiger charge is 2.31. The third-order valence-corrected chi connectivity index (χ3v) is 6.07. The van der Waals surface area contributed by atoms with Crippen LogP contribution in [0, 0.1) is 0 Å². The molecule has 26 heavy (non-hydrogen) atoms. The standard InChI is InChI=1S/C21H29N3O2/c1-15(25)24-14-10-18-17-5-2-3-6-19(17)22-21(18)20(24)7-4-11-23-12-8-16(26)9-13-23/h2-3,5-6,16,20,22,26H,4,7-14H2,1H3. The summed E-state index contributed by atoms with van der Waals surface area (Å²) in [6, 6.07) is 8.62. The average molecular weight is 355 g/mol. The summed E-state index contributed by atoms with van der Waals surface area (Å²) in [5, 5.41) is 11.0. The van der Waals surface area contributed by atoms with Crippen molar-refractivity contribution in [3.05, 3.63) is 35.5 Å². The summed E-state index contributed by atoms with van der Waals surface area (Å²) >= 11 is 0. The second-order valence-electron chi connectivity index (χ2n) is 7.76. The van der Waals surface area contributed by atoms with Crippen LogP contribution in [0.1, 0.15) is 49.9 Å². The highest BCUT2D eigenvalue weighted by molar-refractivity contribution is 5.86. The molecule has 0 bridgehead atoms. The number of benzene rings is 1. The van der Waals surface area contributed by atoms with Gasteiger partial charge < -0.3 is 19.9 Å². The normalized spacial score (nSPS) is 21.9. The second-order valence-corrected chi connectivity index (χ2v) is 7.76. The predicted octanol–water partition coefficient (Wildman–Crippen LogP) is 2.85. The van der Waals surface area contributed by atoms with Gasteiger partial charge in [0.25, 0.3) is 0 Å². The number of hydrogen-bond donors (Lipinski definition) is 2. The number of aromatic nitrogens is 1. The summed E-state index contributed by atoms with van der Waals surface area (Å²) in [6.07, 6.45) is 4.63. The van der Waals surface area contributed by atoms with Gasteiger partial charge in [-0.2, -0.15) is 0 Å². The fourth-order valence-electron chi connectivity index (χ4n) is 4.65. The SMILES string of the molecule is CC(=O)N1CCc2c([nH]c3ccccc23)C1CCCN1CCC(O)CC1. The first-order chi connectivity index (χ1) is 12.6. The van der Waals surface area contributed by atoms with Crippen molar-refractivity contribution in [3.63, 3.8) is 0 Å². The summed E-state index contributed by atoms with van der Waals surface area (Å²) in [5.41, 5.74) is 3.81. The van der Waals surface area contributed by atoms with Crippen molar-refractivity contribution in [2.45, 2.75) is 51.2 Å². The predicted molar refractivity (Wildman–Crippen MR) is 103 cm³/mol. The first-order valence-electron chi connectivity index (χ1n) is 9.90. The highest BCUT2D eigenvalue weighted by atomic mass is 16.3. The van der Waals surface area contributed by atoms with E-state index in [9.17, 15) is 9.90 Å². The zero-order chi connectivity index (χ0) is 18.1. The number of H-pyrrole nitrogens is 1. The van der Waals surface area contributed by atoms with Crippen LogP contribution >= 0.6 is 0 Å². The number of nitrogens with zero attached hydrogens (tertiary/aromatic N) is 2. The lowest BCUT2D eigenvalue weighted by molar-refractivity contribution is -0.132. The van der Waals surface area contributed by atoms with Crippen LogP contribution in [-0.2, 0) is 11.2 Å². The lowest BCUT2D eigenvalue weighted by atomic mass is 9.94. The number of rotatable bonds is 4. The highest BCUT2D eigenvalue weighted by Crippen LogP contribution is 2.37. The number of para-hydroxylation sites is 1. The third kappa shape index (κ3) is 3.38. The molecule has 4 rings (SSSR count). The molecule has 0 spiro atoms. The number of carbonyl (C=O) groups is 1. The molecule has 0 radical (unpaired) electrons. The van der Waals surface area contributed by atoms with Gasteiger partial charge in [-0.1, -0.05) is 18.2 Å². The summed E-state index contributed by atoms with van der Waals surface area (Å²) in [5.74, 6) is 0.167. The maximum absolute atomic E-state index is 12.2. The van der Waals surface area contributed by atoms with E-state index in [0.29, 0.717) is 0 Å². The number of nitrogens with one attached hydrogen (secondary N) is 1. The van der Waals surface area contributed by atoms with Crippen LogP contribution in [0.15, 0.2) is 24.3 Å². The van der Waals surface area contributed by atoms with Crippen LogP contribution < -0.4 is 0 Å². The van der Waals surface area contributed by atoms with Crippen LogP contribution in [-0.4, -0.2) is 58.1 Å². The lowest BCUT2D eigenvalue weighted by Crippen LogP contribution is -2.40. The summed E-state index contributed by atoms with van der Waals surface area (Å²) in [4.78, 5) is 20.3. The molecule has 2 aliphatic heterocycles. The Kier molecular flexibility index (Phi) is 5.00. The smallest absolute Gasteiger partial charge is 0.220 e. The number of aliphatic hydroxyl groups is 1. The van der Waals surface area contributed by atoms with E-state index in [-0.39, 0.29) is 18.1 Å². The van der Waals surface area contributed by atoms with E-state index in [1.165, 1.54) is 22.2 Å². The number of aliphatic hydroxyl groups excluding tert-OH is 1. The van der Waals surface area contributed by atoms with Gasteiger partial charge in [0, 0.05) is 43.2 Å². The molecule has 3 heterocycles. The molecule has 1 aromatic heterocycles. The molecular weight excluding hydrogens is 326 g/mol. The van der Waals surface area contributed by atoms with Gasteiger partial charge in [-0.15, -0.1) is 0 Å². The van der Waals surface area contributed by atoms with Gasteiger partial charge in [0.1, 0.15) is 0 Å². The largest absolute Gasteiger partial charge is 0.393 e. The van der Waals surface area contributed by atoms with Gasteiger partial charge in [0.2, 0.25) is 5.91 Å². The van der Waals surface area contributed by atoms with Crippen molar-refractivity contribution in [2.75, 3.05) is 26.2 Å². The molecule has 5 heteroatoms.